The lowest BCUT2D eigenvalue weighted by Crippen LogP contribution is -2.33. The molecule has 2 aromatic carbocycles. The van der Waals surface area contributed by atoms with E-state index in [1.165, 1.54) is 0 Å². The van der Waals surface area contributed by atoms with Crippen LogP contribution in [0.5, 0.6) is 11.5 Å². The van der Waals surface area contributed by atoms with Crippen molar-refractivity contribution in [2.45, 2.75) is 51.9 Å². The molecule has 2 aliphatic rings. The van der Waals surface area contributed by atoms with Gasteiger partial charge in [-0.15, -0.1) is 0 Å². The highest BCUT2D eigenvalue weighted by atomic mass is 79.9. The lowest BCUT2D eigenvalue weighted by atomic mass is 9.72. The van der Waals surface area contributed by atoms with E-state index < -0.39 is 5.92 Å². The molecule has 0 bridgehead atoms. The van der Waals surface area contributed by atoms with Gasteiger partial charge in [0.25, 0.3) is 0 Å². The van der Waals surface area contributed by atoms with Gasteiger partial charge in [-0.25, -0.2) is 0 Å². The van der Waals surface area contributed by atoms with E-state index in [4.69, 9.17) is 9.47 Å². The lowest BCUT2D eigenvalue weighted by molar-refractivity contribution is -0.116. The normalized spacial score (nSPS) is 19.9. The van der Waals surface area contributed by atoms with Crippen LogP contribution in [0.15, 0.2) is 69.5 Å². The number of dihydropyridines is 1. The number of nitrogens with zero attached hydrogens (tertiary/aromatic N) is 1. The van der Waals surface area contributed by atoms with Gasteiger partial charge >= 0.3 is 0 Å². The molecule has 2 aromatic rings. The fourth-order valence-electron chi connectivity index (χ4n) is 4.92. The molecule has 0 saturated carbocycles. The molecule has 2 atom stereocenters. The van der Waals surface area contributed by atoms with Crippen LogP contribution in [-0.4, -0.2) is 19.5 Å². The zero-order valence-electron chi connectivity index (χ0n) is 20.7. The summed E-state index contributed by atoms with van der Waals surface area (Å²) in [5, 5.41) is 13.5. The molecule has 1 heterocycles. The zero-order chi connectivity index (χ0) is 25.1. The Bertz CT molecular complexity index is 1220. The third-order valence-electron chi connectivity index (χ3n) is 6.75. The van der Waals surface area contributed by atoms with Crippen LogP contribution < -0.4 is 14.8 Å². The van der Waals surface area contributed by atoms with Crippen molar-refractivity contribution in [3.05, 3.63) is 80.6 Å². The van der Waals surface area contributed by atoms with Crippen LogP contribution in [-0.2, 0) is 4.79 Å². The number of methoxy groups -OCH3 is 1. The minimum atomic E-state index is -0.449. The third-order valence-corrected chi connectivity index (χ3v) is 7.33. The molecule has 5 nitrogen and oxygen atoms in total. The quantitative estimate of drug-likeness (QED) is 0.424. The highest BCUT2D eigenvalue weighted by Gasteiger charge is 2.39. The van der Waals surface area contributed by atoms with Crippen molar-refractivity contribution >= 4 is 21.7 Å². The number of hydrogen-bond donors (Lipinski definition) is 1. The van der Waals surface area contributed by atoms with E-state index in [0.29, 0.717) is 41.6 Å². The number of ether oxygens (including phenoxy) is 2. The van der Waals surface area contributed by atoms with Crippen molar-refractivity contribution in [1.82, 2.24) is 5.32 Å². The van der Waals surface area contributed by atoms with E-state index in [1.807, 2.05) is 37.3 Å². The number of benzene rings is 2. The molecule has 4 rings (SSSR count). The summed E-state index contributed by atoms with van der Waals surface area (Å²) in [6, 6.07) is 16.4. The summed E-state index contributed by atoms with van der Waals surface area (Å²) in [7, 11) is 1.61. The predicted octanol–water partition coefficient (Wildman–Crippen LogP) is 6.77. The van der Waals surface area contributed by atoms with Crippen LogP contribution in [0.25, 0.3) is 0 Å². The zero-order valence-corrected chi connectivity index (χ0v) is 22.2. The van der Waals surface area contributed by atoms with Crippen molar-refractivity contribution in [3.63, 3.8) is 0 Å². The van der Waals surface area contributed by atoms with E-state index in [9.17, 15) is 10.1 Å². The molecule has 0 radical (unpaired) electrons. The maximum absolute atomic E-state index is 13.6. The lowest BCUT2D eigenvalue weighted by Gasteiger charge is -2.36. The fraction of sp³-hybridized carbons (Fsp3) is 0.379. The largest absolute Gasteiger partial charge is 0.493 e. The molecule has 0 spiro atoms. The summed E-state index contributed by atoms with van der Waals surface area (Å²) in [6.45, 7) is 6.80. The Hall–Kier alpha value is -3.04. The molecule has 1 N–H and O–H groups in total. The Labute approximate surface area is 216 Å². The van der Waals surface area contributed by atoms with Crippen molar-refractivity contribution < 1.29 is 14.3 Å². The molecule has 1 aliphatic heterocycles. The van der Waals surface area contributed by atoms with Gasteiger partial charge in [-0.2, -0.15) is 5.26 Å². The van der Waals surface area contributed by atoms with E-state index in [-0.39, 0.29) is 11.7 Å². The number of nitrogens with one attached hydrogen (secondary N) is 1. The van der Waals surface area contributed by atoms with Crippen LogP contribution in [0.3, 0.4) is 0 Å². The van der Waals surface area contributed by atoms with Crippen LogP contribution in [0, 0.1) is 17.2 Å². The number of halogens is 1. The number of allylic oxidation sites excluding steroid dienone is 4. The number of nitriles is 1. The third kappa shape index (κ3) is 5.16. The Morgan fingerprint density at radius 2 is 1.91 bits per heavy atom. The number of hydrogen-bond acceptors (Lipinski definition) is 5. The van der Waals surface area contributed by atoms with Crippen molar-refractivity contribution in [3.8, 4) is 17.6 Å². The summed E-state index contributed by atoms with van der Waals surface area (Å²) < 4.78 is 12.5. The fourth-order valence-corrected chi connectivity index (χ4v) is 5.50. The first-order valence-corrected chi connectivity index (χ1v) is 12.8. The van der Waals surface area contributed by atoms with Crippen LogP contribution in [0.4, 0.5) is 0 Å². The van der Waals surface area contributed by atoms with Crippen LogP contribution >= 0.6 is 15.9 Å². The first-order valence-electron chi connectivity index (χ1n) is 12.0. The van der Waals surface area contributed by atoms with Gasteiger partial charge in [0.2, 0.25) is 0 Å². The minimum absolute atomic E-state index is 0.0743. The van der Waals surface area contributed by atoms with Crippen LogP contribution in [0.1, 0.15) is 63.0 Å². The summed E-state index contributed by atoms with van der Waals surface area (Å²) >= 11 is 3.65. The topological polar surface area (TPSA) is 71.3 Å². The van der Waals surface area contributed by atoms with Gasteiger partial charge in [0, 0.05) is 23.4 Å². The molecular weight excluding hydrogens is 504 g/mol. The van der Waals surface area contributed by atoms with Gasteiger partial charge in [0.05, 0.1) is 35.7 Å². The summed E-state index contributed by atoms with van der Waals surface area (Å²) in [6.07, 6.45) is 2.08. The monoisotopic (exact) mass is 534 g/mol. The summed E-state index contributed by atoms with van der Waals surface area (Å²) in [4.78, 5) is 13.6. The second-order valence-corrected chi connectivity index (χ2v) is 10.5. The molecule has 35 heavy (non-hydrogen) atoms. The number of Topliss-reactive ketones (excluding diaryl/α,β-unsaturated/α-hetero) is 1. The highest BCUT2D eigenvalue weighted by Crippen LogP contribution is 2.48. The number of carbonyl (C=O) groups excluding carboxylic acids is 1. The first-order chi connectivity index (χ1) is 16.8. The van der Waals surface area contributed by atoms with Crippen molar-refractivity contribution in [2.24, 2.45) is 5.92 Å². The summed E-state index contributed by atoms with van der Waals surface area (Å²) in [5.74, 6) is 1.49. The SMILES string of the molecule is COc1cc(C2C(C#N)=C(C)NC3=C2C(=O)CC(c2ccccc2)C3)cc(Br)c1OCCC(C)C. The maximum Gasteiger partial charge on any atom is 0.175 e. The van der Waals surface area contributed by atoms with Crippen molar-refractivity contribution in [1.29, 1.82) is 5.26 Å². The molecule has 2 unspecified atom stereocenters. The van der Waals surface area contributed by atoms with E-state index in [2.05, 4.69) is 53.3 Å². The number of ketones is 1. The standard InChI is InChI=1S/C29H31BrN2O3/c1-17(2)10-11-35-29-23(30)12-21(15-26(29)34-4)27-22(16-31)18(3)32-24-13-20(14-25(33)28(24)27)19-8-6-5-7-9-19/h5-9,12,15,17,20,27,32H,10-11,13-14H2,1-4H3. The van der Waals surface area contributed by atoms with E-state index >= 15 is 0 Å². The van der Waals surface area contributed by atoms with Gasteiger partial charge in [0.1, 0.15) is 0 Å². The Balaban J connectivity index is 1.75. The number of carbonyl (C=O) groups is 1. The van der Waals surface area contributed by atoms with Gasteiger partial charge in [0.15, 0.2) is 17.3 Å². The Kier molecular flexibility index (Phi) is 7.66. The van der Waals surface area contributed by atoms with Crippen LogP contribution in [0.2, 0.25) is 0 Å². The number of rotatable bonds is 7. The van der Waals surface area contributed by atoms with E-state index in [1.54, 1.807) is 7.11 Å². The molecular formula is C29H31BrN2O3. The Morgan fingerprint density at radius 1 is 1.17 bits per heavy atom. The molecule has 1 aliphatic carbocycles. The Morgan fingerprint density at radius 3 is 2.57 bits per heavy atom. The molecule has 0 amide bonds. The average molecular weight is 535 g/mol. The predicted molar refractivity (Wildman–Crippen MR) is 140 cm³/mol. The molecule has 0 aromatic heterocycles. The second kappa shape index (κ2) is 10.7. The molecule has 0 saturated heterocycles. The highest BCUT2D eigenvalue weighted by molar-refractivity contribution is 9.10. The van der Waals surface area contributed by atoms with Crippen molar-refractivity contribution in [2.75, 3.05) is 13.7 Å². The van der Waals surface area contributed by atoms with E-state index in [0.717, 1.165) is 39.8 Å². The second-order valence-electron chi connectivity index (χ2n) is 9.60. The van der Waals surface area contributed by atoms with Gasteiger partial charge < -0.3 is 14.8 Å². The first kappa shape index (κ1) is 25.1. The maximum atomic E-state index is 13.6. The average Bonchev–Trinajstić information content (AvgIpc) is 2.84. The minimum Gasteiger partial charge on any atom is -0.493 e. The summed E-state index contributed by atoms with van der Waals surface area (Å²) in [5.41, 5.74) is 4.92. The molecule has 0 fully saturated rings. The molecule has 6 heteroatoms. The van der Waals surface area contributed by atoms with Gasteiger partial charge in [-0.1, -0.05) is 44.2 Å². The molecule has 182 valence electrons. The van der Waals surface area contributed by atoms with Gasteiger partial charge in [-0.05, 0) is 70.8 Å². The smallest absolute Gasteiger partial charge is 0.175 e. The van der Waals surface area contributed by atoms with Gasteiger partial charge in [-0.3, -0.25) is 4.79 Å².